The molecule has 16 nitrogen and oxygen atoms in total. The molecule has 1 unspecified atom stereocenters. The largest absolute Gasteiger partial charge is 0.392 e. The number of rotatable bonds is 11. The highest BCUT2D eigenvalue weighted by molar-refractivity contribution is 6.06. The average molecular weight is 909 g/mol. The van der Waals surface area contributed by atoms with Crippen LogP contribution in [0.4, 0.5) is 34.4 Å². The quantitative estimate of drug-likeness (QED) is 0.115. The number of pyridine rings is 2. The topological polar surface area (TPSA) is 183 Å². The number of carbonyl (C=O) groups is 2. The lowest BCUT2D eigenvalue weighted by molar-refractivity contribution is -0.111. The maximum Gasteiger partial charge on any atom is 0.293 e. The monoisotopic (exact) mass is 909 g/mol. The van der Waals surface area contributed by atoms with E-state index in [4.69, 9.17) is 10.7 Å². The van der Waals surface area contributed by atoms with Gasteiger partial charge in [0.1, 0.15) is 11.5 Å². The van der Waals surface area contributed by atoms with Crippen molar-refractivity contribution < 1.29 is 14.7 Å². The third-order valence-electron chi connectivity index (χ3n) is 14.2. The molecule has 0 radical (unpaired) electrons. The van der Waals surface area contributed by atoms with Gasteiger partial charge < -0.3 is 40.4 Å². The van der Waals surface area contributed by atoms with Gasteiger partial charge in [-0.25, -0.2) is 9.97 Å². The molecule has 7 heterocycles. The van der Waals surface area contributed by atoms with Crippen molar-refractivity contribution in [2.24, 2.45) is 18.2 Å². The lowest BCUT2D eigenvalue weighted by Gasteiger charge is -2.48. The number of aryl methyl sites for hydroxylation is 1. The maximum absolute atomic E-state index is 14.1. The standard InChI is InChI=1S/C51H64N12O4/c1-9-45(65)56-39-24-34(10-12-41(39)61-19-18-59(28-32(61)3)35-15-17-60(31(2)22-35)36-11-13-44(54-27-36)51(6,7)52)55-46-49(67)58(8)29-40(57-46)37-14-16-53-47(38(37)30-64)63-21-20-62-42(48(63)66)23-33-25-50(4,5)26-43(33)62/h9-14,16,23-24,27,29,31-32,35,64H,1,15,17-22,25-26,28,30,52H2,2-8H3,(H,55,57)(H,56,65)/t31-,32-,35?/m0/s1. The fraction of sp³-hybridized carbons (Fsp3) is 0.451. The second kappa shape index (κ2) is 17.7. The summed E-state index contributed by atoms with van der Waals surface area (Å²) in [5.74, 6) is -0.0951. The third kappa shape index (κ3) is 8.85. The van der Waals surface area contributed by atoms with Crippen molar-refractivity contribution in [1.82, 2.24) is 29.0 Å². The number of hydrogen-bond acceptors (Lipinski definition) is 12. The molecule has 2 saturated heterocycles. The van der Waals surface area contributed by atoms with Gasteiger partial charge >= 0.3 is 0 Å². The molecule has 67 heavy (non-hydrogen) atoms. The Labute approximate surface area is 392 Å². The lowest BCUT2D eigenvalue weighted by Crippen LogP contribution is -2.58. The van der Waals surface area contributed by atoms with Gasteiger partial charge in [0.15, 0.2) is 5.82 Å². The molecule has 9 rings (SSSR count). The fourth-order valence-corrected chi connectivity index (χ4v) is 10.8. The summed E-state index contributed by atoms with van der Waals surface area (Å²) < 4.78 is 3.58. The van der Waals surface area contributed by atoms with E-state index in [1.165, 1.54) is 21.9 Å². The Morgan fingerprint density at radius 2 is 1.81 bits per heavy atom. The zero-order valence-corrected chi connectivity index (χ0v) is 39.8. The van der Waals surface area contributed by atoms with Crippen LogP contribution in [0.1, 0.15) is 87.4 Å². The minimum absolute atomic E-state index is 0.0513. The Bertz CT molecular complexity index is 2790. The molecule has 5 aromatic rings. The number of aliphatic hydroxyl groups excluding tert-OH is 1. The number of amides is 2. The van der Waals surface area contributed by atoms with Crippen molar-refractivity contribution in [1.29, 1.82) is 0 Å². The summed E-state index contributed by atoms with van der Waals surface area (Å²) in [6.45, 7) is 20.7. The van der Waals surface area contributed by atoms with Crippen molar-refractivity contribution >= 4 is 46.2 Å². The van der Waals surface area contributed by atoms with E-state index in [9.17, 15) is 19.5 Å². The Kier molecular flexibility index (Phi) is 12.1. The second-order valence-electron chi connectivity index (χ2n) is 20.3. The summed E-state index contributed by atoms with van der Waals surface area (Å²) >= 11 is 0. The molecular weight excluding hydrogens is 845 g/mol. The molecular formula is C51H64N12O4. The zero-order chi connectivity index (χ0) is 47.5. The first-order valence-electron chi connectivity index (χ1n) is 23.5. The van der Waals surface area contributed by atoms with Crippen molar-refractivity contribution in [3.8, 4) is 11.3 Å². The number of aliphatic hydroxyl groups is 1. The van der Waals surface area contributed by atoms with Crippen LogP contribution < -0.4 is 36.6 Å². The molecule has 16 heteroatoms. The summed E-state index contributed by atoms with van der Waals surface area (Å²) in [6, 6.07) is 14.5. The number of fused-ring (bicyclic) bond motifs is 3. The van der Waals surface area contributed by atoms with E-state index in [2.05, 4.69) is 80.2 Å². The van der Waals surface area contributed by atoms with Gasteiger partial charge in [0.05, 0.1) is 46.8 Å². The normalized spacial score (nSPS) is 20.7. The van der Waals surface area contributed by atoms with E-state index >= 15 is 0 Å². The number of aromatic nitrogens is 5. The van der Waals surface area contributed by atoms with Crippen LogP contribution >= 0.6 is 0 Å². The molecule has 3 aliphatic heterocycles. The van der Waals surface area contributed by atoms with Crippen LogP contribution in [0.2, 0.25) is 0 Å². The van der Waals surface area contributed by atoms with Gasteiger partial charge in [0, 0.05) is 99.3 Å². The summed E-state index contributed by atoms with van der Waals surface area (Å²) in [5.41, 5.74) is 14.1. The highest BCUT2D eigenvalue weighted by atomic mass is 16.3. The molecule has 1 aromatic carbocycles. The van der Waals surface area contributed by atoms with Crippen molar-refractivity contribution in [2.45, 2.75) is 104 Å². The molecule has 1 aliphatic carbocycles. The Morgan fingerprint density at radius 3 is 2.51 bits per heavy atom. The Hall–Kier alpha value is -6.36. The number of nitrogens with two attached hydrogens (primary N) is 1. The second-order valence-corrected chi connectivity index (χ2v) is 20.3. The number of nitrogens with one attached hydrogen (secondary N) is 2. The van der Waals surface area contributed by atoms with Gasteiger partial charge in [0.2, 0.25) is 5.91 Å². The molecule has 0 bridgehead atoms. The minimum Gasteiger partial charge on any atom is -0.392 e. The fourth-order valence-electron chi connectivity index (χ4n) is 10.8. The molecule has 2 amide bonds. The van der Waals surface area contributed by atoms with Crippen LogP contribution in [0.3, 0.4) is 0 Å². The van der Waals surface area contributed by atoms with Gasteiger partial charge in [-0.1, -0.05) is 20.4 Å². The van der Waals surface area contributed by atoms with E-state index in [-0.39, 0.29) is 34.6 Å². The summed E-state index contributed by atoms with van der Waals surface area (Å²) in [7, 11) is 1.64. The summed E-state index contributed by atoms with van der Waals surface area (Å²) in [6.07, 6.45) is 10.4. The van der Waals surface area contributed by atoms with E-state index < -0.39 is 12.1 Å². The number of anilines is 6. The SMILES string of the molecule is C=CC(=O)Nc1cc(Nc2nc(-c3ccnc(N4CCn5c(cc6c5CC(C)(C)C6)C4=O)c3CO)cn(C)c2=O)ccc1N1CCN(C2CCN(c3ccc(C(C)(C)N)nc3)[C@@H](C)C2)C[C@@H]1C. The highest BCUT2D eigenvalue weighted by Crippen LogP contribution is 2.41. The molecule has 4 aliphatic rings. The van der Waals surface area contributed by atoms with E-state index in [0.29, 0.717) is 64.9 Å². The van der Waals surface area contributed by atoms with Gasteiger partial charge in [-0.3, -0.25) is 29.2 Å². The molecule has 352 valence electrons. The van der Waals surface area contributed by atoms with E-state index in [0.717, 1.165) is 68.9 Å². The van der Waals surface area contributed by atoms with Crippen LogP contribution in [-0.4, -0.2) is 96.8 Å². The van der Waals surface area contributed by atoms with Crippen LogP contribution in [0, 0.1) is 5.41 Å². The Morgan fingerprint density at radius 1 is 1.00 bits per heavy atom. The predicted octanol–water partition coefficient (Wildman–Crippen LogP) is 5.95. The Balaban J connectivity index is 0.919. The van der Waals surface area contributed by atoms with Crippen LogP contribution in [0.15, 0.2) is 78.5 Å². The molecule has 4 aromatic heterocycles. The third-order valence-corrected chi connectivity index (χ3v) is 14.2. The van der Waals surface area contributed by atoms with Gasteiger partial charge in [-0.2, -0.15) is 0 Å². The number of carbonyl (C=O) groups excluding carboxylic acids is 2. The van der Waals surface area contributed by atoms with Crippen LogP contribution in [-0.2, 0) is 43.4 Å². The highest BCUT2D eigenvalue weighted by Gasteiger charge is 2.38. The lowest BCUT2D eigenvalue weighted by atomic mass is 9.90. The van der Waals surface area contributed by atoms with E-state index in [1.54, 1.807) is 30.4 Å². The van der Waals surface area contributed by atoms with Crippen molar-refractivity contribution in [2.75, 3.05) is 58.1 Å². The van der Waals surface area contributed by atoms with Gasteiger partial charge in [-0.05, 0) is 113 Å². The van der Waals surface area contributed by atoms with Crippen LogP contribution in [0.25, 0.3) is 11.3 Å². The molecule has 2 fully saturated rings. The minimum atomic E-state index is -0.483. The number of piperazine rings is 1. The average Bonchev–Trinajstić information content (AvgIpc) is 3.79. The van der Waals surface area contributed by atoms with Crippen molar-refractivity contribution in [3.05, 3.63) is 112 Å². The molecule has 0 saturated carbocycles. The predicted molar refractivity (Wildman–Crippen MR) is 264 cm³/mol. The van der Waals surface area contributed by atoms with Crippen LogP contribution in [0.5, 0.6) is 0 Å². The molecule has 3 atom stereocenters. The van der Waals surface area contributed by atoms with Gasteiger partial charge in [-0.15, -0.1) is 0 Å². The summed E-state index contributed by atoms with van der Waals surface area (Å²) in [5, 5.41) is 17.1. The first kappa shape index (κ1) is 45.8. The summed E-state index contributed by atoms with van der Waals surface area (Å²) in [4.78, 5) is 63.7. The zero-order valence-electron chi connectivity index (χ0n) is 39.8. The first-order chi connectivity index (χ1) is 31.9. The molecule has 5 N–H and O–H groups in total. The molecule has 0 spiro atoms. The number of hydrogen-bond donors (Lipinski definition) is 4. The van der Waals surface area contributed by atoms with E-state index in [1.807, 2.05) is 50.4 Å². The number of nitrogens with zero attached hydrogens (tertiary/aromatic N) is 9. The van der Waals surface area contributed by atoms with Gasteiger partial charge in [0.25, 0.3) is 11.5 Å². The number of benzene rings is 1. The maximum atomic E-state index is 14.1. The smallest absolute Gasteiger partial charge is 0.293 e. The number of piperidine rings is 1. The first-order valence-corrected chi connectivity index (χ1v) is 23.5. The van der Waals surface area contributed by atoms with Crippen molar-refractivity contribution in [3.63, 3.8) is 0 Å².